The van der Waals surface area contributed by atoms with Gasteiger partial charge in [0.05, 0.1) is 0 Å². The standard InChI is InChI=1S/C12H15N/c1-2-5-11(6-3-1)9-12-7-4-8-13-10-12/h1-3,5-6,8,12H,4,7,9-10H2. The molecule has 0 radical (unpaired) electrons. The Labute approximate surface area is 79.5 Å². The molecule has 1 aliphatic heterocycles. The van der Waals surface area contributed by atoms with Gasteiger partial charge >= 0.3 is 0 Å². The van der Waals surface area contributed by atoms with Gasteiger partial charge in [0.1, 0.15) is 0 Å². The van der Waals surface area contributed by atoms with Crippen molar-refractivity contribution < 1.29 is 0 Å². The minimum atomic E-state index is 0.771. The van der Waals surface area contributed by atoms with Crippen LogP contribution in [0.25, 0.3) is 0 Å². The summed E-state index contributed by atoms with van der Waals surface area (Å²) in [6, 6.07) is 10.7. The highest BCUT2D eigenvalue weighted by Gasteiger charge is 2.10. The number of nitrogens with zero attached hydrogens (tertiary/aromatic N) is 1. The summed E-state index contributed by atoms with van der Waals surface area (Å²) < 4.78 is 0. The Bertz CT molecular complexity index is 276. The molecule has 1 heteroatoms. The zero-order valence-electron chi connectivity index (χ0n) is 7.82. The minimum absolute atomic E-state index is 0.771. The van der Waals surface area contributed by atoms with Gasteiger partial charge in [-0.3, -0.25) is 4.99 Å². The van der Waals surface area contributed by atoms with Crippen LogP contribution in [-0.2, 0) is 6.42 Å². The first-order valence-electron chi connectivity index (χ1n) is 4.97. The molecular weight excluding hydrogens is 158 g/mol. The second kappa shape index (κ2) is 4.22. The molecule has 0 saturated carbocycles. The van der Waals surface area contributed by atoms with Gasteiger partial charge in [-0.2, -0.15) is 0 Å². The molecule has 0 bridgehead atoms. The first kappa shape index (κ1) is 8.49. The second-order valence-electron chi connectivity index (χ2n) is 3.68. The SMILES string of the molecule is C1=NCC(Cc2ccccc2)CC1. The zero-order valence-corrected chi connectivity index (χ0v) is 7.82. The van der Waals surface area contributed by atoms with Crippen molar-refractivity contribution in [3.05, 3.63) is 35.9 Å². The molecule has 1 heterocycles. The van der Waals surface area contributed by atoms with Crippen LogP contribution in [-0.4, -0.2) is 12.8 Å². The van der Waals surface area contributed by atoms with Gasteiger partial charge in [0.25, 0.3) is 0 Å². The van der Waals surface area contributed by atoms with E-state index in [0.717, 1.165) is 18.9 Å². The van der Waals surface area contributed by atoms with Crippen molar-refractivity contribution in [2.45, 2.75) is 19.3 Å². The van der Waals surface area contributed by atoms with Gasteiger partial charge in [-0.25, -0.2) is 0 Å². The van der Waals surface area contributed by atoms with Crippen LogP contribution in [0.2, 0.25) is 0 Å². The molecule has 1 aromatic rings. The molecule has 1 aliphatic rings. The van der Waals surface area contributed by atoms with Crippen molar-refractivity contribution in [1.29, 1.82) is 0 Å². The highest BCUT2D eigenvalue weighted by atomic mass is 14.7. The summed E-state index contributed by atoms with van der Waals surface area (Å²) >= 11 is 0. The van der Waals surface area contributed by atoms with Crippen molar-refractivity contribution in [2.75, 3.05) is 6.54 Å². The summed E-state index contributed by atoms with van der Waals surface area (Å²) in [4.78, 5) is 4.33. The predicted octanol–water partition coefficient (Wildman–Crippen LogP) is 2.71. The van der Waals surface area contributed by atoms with E-state index in [9.17, 15) is 0 Å². The van der Waals surface area contributed by atoms with Crippen molar-refractivity contribution in [1.82, 2.24) is 0 Å². The molecule has 0 amide bonds. The zero-order chi connectivity index (χ0) is 8.93. The van der Waals surface area contributed by atoms with Crippen LogP contribution in [0.3, 0.4) is 0 Å². The summed E-state index contributed by atoms with van der Waals surface area (Å²) in [6.45, 7) is 1.02. The lowest BCUT2D eigenvalue weighted by molar-refractivity contribution is 0.492. The van der Waals surface area contributed by atoms with Gasteiger partial charge in [-0.15, -0.1) is 0 Å². The van der Waals surface area contributed by atoms with E-state index < -0.39 is 0 Å². The highest BCUT2D eigenvalue weighted by molar-refractivity contribution is 5.57. The van der Waals surface area contributed by atoms with E-state index in [4.69, 9.17) is 0 Å². The van der Waals surface area contributed by atoms with E-state index in [0.29, 0.717) is 0 Å². The van der Waals surface area contributed by atoms with Crippen molar-refractivity contribution in [3.63, 3.8) is 0 Å². The largest absolute Gasteiger partial charge is 0.297 e. The Morgan fingerprint density at radius 1 is 1.23 bits per heavy atom. The first-order valence-corrected chi connectivity index (χ1v) is 4.97. The van der Waals surface area contributed by atoms with E-state index in [1.165, 1.54) is 18.4 Å². The van der Waals surface area contributed by atoms with Crippen molar-refractivity contribution in [2.24, 2.45) is 10.9 Å². The Balaban J connectivity index is 1.94. The quantitative estimate of drug-likeness (QED) is 0.652. The van der Waals surface area contributed by atoms with Crippen LogP contribution < -0.4 is 0 Å². The Kier molecular flexibility index (Phi) is 2.75. The van der Waals surface area contributed by atoms with Gasteiger partial charge in [-0.05, 0) is 37.0 Å². The molecule has 13 heavy (non-hydrogen) atoms. The normalized spacial score (nSPS) is 21.7. The maximum absolute atomic E-state index is 4.33. The summed E-state index contributed by atoms with van der Waals surface area (Å²) in [5, 5.41) is 0. The summed E-state index contributed by atoms with van der Waals surface area (Å²) in [7, 11) is 0. The molecule has 1 atom stereocenters. The van der Waals surface area contributed by atoms with E-state index in [2.05, 4.69) is 41.5 Å². The fourth-order valence-electron chi connectivity index (χ4n) is 1.83. The van der Waals surface area contributed by atoms with E-state index in [1.807, 2.05) is 0 Å². The van der Waals surface area contributed by atoms with Gasteiger partial charge in [0.2, 0.25) is 0 Å². The smallest absolute Gasteiger partial charge is 0.0416 e. The topological polar surface area (TPSA) is 12.4 Å². The molecule has 0 saturated heterocycles. The third-order valence-electron chi connectivity index (χ3n) is 2.56. The summed E-state index contributed by atoms with van der Waals surface area (Å²) in [6.07, 6.45) is 5.72. The molecule has 2 rings (SSSR count). The lowest BCUT2D eigenvalue weighted by Crippen LogP contribution is -2.12. The highest BCUT2D eigenvalue weighted by Crippen LogP contribution is 2.16. The predicted molar refractivity (Wildman–Crippen MR) is 56.2 cm³/mol. The number of aliphatic imine (C=N–C) groups is 1. The van der Waals surface area contributed by atoms with Crippen LogP contribution >= 0.6 is 0 Å². The molecule has 0 fully saturated rings. The summed E-state index contributed by atoms with van der Waals surface area (Å²) in [5.74, 6) is 0.771. The molecule has 0 aromatic heterocycles. The van der Waals surface area contributed by atoms with Gasteiger partial charge in [0.15, 0.2) is 0 Å². The Morgan fingerprint density at radius 2 is 2.08 bits per heavy atom. The lowest BCUT2D eigenvalue weighted by atomic mass is 9.94. The molecule has 1 aromatic carbocycles. The van der Waals surface area contributed by atoms with Crippen molar-refractivity contribution in [3.8, 4) is 0 Å². The van der Waals surface area contributed by atoms with Gasteiger partial charge in [0, 0.05) is 6.54 Å². The average Bonchev–Trinajstić information content (AvgIpc) is 2.21. The van der Waals surface area contributed by atoms with E-state index >= 15 is 0 Å². The van der Waals surface area contributed by atoms with Crippen molar-refractivity contribution >= 4 is 6.21 Å². The Hall–Kier alpha value is -1.11. The first-order chi connectivity index (χ1) is 6.45. The molecule has 1 unspecified atom stereocenters. The van der Waals surface area contributed by atoms with Crippen LogP contribution in [0.5, 0.6) is 0 Å². The molecule has 68 valence electrons. The number of benzene rings is 1. The summed E-state index contributed by atoms with van der Waals surface area (Å²) in [5.41, 5.74) is 1.45. The Morgan fingerprint density at radius 3 is 2.77 bits per heavy atom. The maximum atomic E-state index is 4.33. The minimum Gasteiger partial charge on any atom is -0.297 e. The third kappa shape index (κ3) is 2.41. The fraction of sp³-hybridized carbons (Fsp3) is 0.417. The molecule has 0 spiro atoms. The van der Waals surface area contributed by atoms with Crippen LogP contribution in [0.1, 0.15) is 18.4 Å². The number of rotatable bonds is 2. The van der Waals surface area contributed by atoms with Crippen LogP contribution in [0.4, 0.5) is 0 Å². The van der Waals surface area contributed by atoms with Crippen LogP contribution in [0.15, 0.2) is 35.3 Å². The molecule has 0 aliphatic carbocycles. The van der Waals surface area contributed by atoms with Gasteiger partial charge in [-0.1, -0.05) is 30.3 Å². The lowest BCUT2D eigenvalue weighted by Gasteiger charge is -2.16. The third-order valence-corrected chi connectivity index (χ3v) is 2.56. The van der Waals surface area contributed by atoms with E-state index in [-0.39, 0.29) is 0 Å². The fourth-order valence-corrected chi connectivity index (χ4v) is 1.83. The number of hydrogen-bond acceptors (Lipinski definition) is 1. The molecule has 1 nitrogen and oxygen atoms in total. The molecule has 0 N–H and O–H groups in total. The van der Waals surface area contributed by atoms with Gasteiger partial charge < -0.3 is 0 Å². The maximum Gasteiger partial charge on any atom is 0.0416 e. The average molecular weight is 173 g/mol. The van der Waals surface area contributed by atoms with Crippen LogP contribution in [0, 0.1) is 5.92 Å². The van der Waals surface area contributed by atoms with E-state index in [1.54, 1.807) is 0 Å². The second-order valence-corrected chi connectivity index (χ2v) is 3.68. The molecular formula is C12H15N. The number of hydrogen-bond donors (Lipinski definition) is 0. The monoisotopic (exact) mass is 173 g/mol.